The fraction of sp³-hybridized carbons (Fsp3) is 0.867. The lowest BCUT2D eigenvalue weighted by molar-refractivity contribution is -0.107. The highest BCUT2D eigenvalue weighted by atomic mass is 16.6. The van der Waals surface area contributed by atoms with Gasteiger partial charge in [0.15, 0.2) is 0 Å². The number of carbonyl (C=O) groups is 2. The van der Waals surface area contributed by atoms with Crippen molar-refractivity contribution >= 4 is 12.4 Å². The largest absolute Gasteiger partial charge is 0.448 e. The van der Waals surface area contributed by atoms with Crippen LogP contribution in [0.3, 0.4) is 0 Å². The molecule has 0 spiro atoms. The van der Waals surface area contributed by atoms with E-state index in [0.717, 1.165) is 38.6 Å². The summed E-state index contributed by atoms with van der Waals surface area (Å²) < 4.78 is 4.88. The van der Waals surface area contributed by atoms with Crippen molar-refractivity contribution in [3.05, 3.63) is 0 Å². The Bertz CT molecular complexity index is 256. The molecule has 1 heterocycles. The van der Waals surface area contributed by atoms with E-state index in [0.29, 0.717) is 6.61 Å². The molecule has 4 heteroatoms. The zero-order valence-electron chi connectivity index (χ0n) is 11.9. The van der Waals surface area contributed by atoms with Crippen LogP contribution in [0.2, 0.25) is 0 Å². The third-order valence-corrected chi connectivity index (χ3v) is 3.59. The molecule has 110 valence electrons. The molecule has 0 bridgehead atoms. The molecule has 0 aromatic heterocycles. The van der Waals surface area contributed by atoms with Crippen LogP contribution in [-0.2, 0) is 9.53 Å². The number of cyclic esters (lactones) is 1. The van der Waals surface area contributed by atoms with E-state index in [4.69, 9.17) is 4.74 Å². The molecule has 0 unspecified atom stereocenters. The third-order valence-electron chi connectivity index (χ3n) is 3.59. The summed E-state index contributed by atoms with van der Waals surface area (Å²) in [6.45, 7) is 2.17. The number of rotatable bonds is 12. The van der Waals surface area contributed by atoms with Crippen LogP contribution in [0.5, 0.6) is 0 Å². The molecule has 0 radical (unpaired) electrons. The van der Waals surface area contributed by atoms with Crippen LogP contribution in [0.25, 0.3) is 0 Å². The molecule has 4 nitrogen and oxygen atoms in total. The predicted octanol–water partition coefficient (Wildman–Crippen LogP) is 3.54. The van der Waals surface area contributed by atoms with Crippen LogP contribution >= 0.6 is 0 Å². The van der Waals surface area contributed by atoms with Crippen LogP contribution in [0, 0.1) is 0 Å². The standard InChI is InChI=1S/C15H27NO3/c17-13-10-8-6-4-2-1-3-5-7-9-11-16-12-14-19-15(16)18/h13H,1-12,14H2. The Morgan fingerprint density at radius 2 is 1.53 bits per heavy atom. The fourth-order valence-corrected chi connectivity index (χ4v) is 2.40. The average molecular weight is 269 g/mol. The number of amides is 1. The Labute approximate surface area is 116 Å². The van der Waals surface area contributed by atoms with Crippen molar-refractivity contribution in [1.29, 1.82) is 0 Å². The molecule has 0 N–H and O–H groups in total. The Kier molecular flexibility index (Phi) is 9.11. The first-order valence-corrected chi connectivity index (χ1v) is 7.70. The van der Waals surface area contributed by atoms with Crippen molar-refractivity contribution in [2.24, 2.45) is 0 Å². The highest BCUT2D eigenvalue weighted by Crippen LogP contribution is 2.11. The summed E-state index contributed by atoms with van der Waals surface area (Å²) in [6, 6.07) is 0. The Hall–Kier alpha value is -1.06. The molecule has 19 heavy (non-hydrogen) atoms. The zero-order chi connectivity index (χ0) is 13.8. The van der Waals surface area contributed by atoms with E-state index in [1.807, 2.05) is 0 Å². The van der Waals surface area contributed by atoms with Gasteiger partial charge in [-0.2, -0.15) is 0 Å². The number of ether oxygens (including phenoxy) is 1. The van der Waals surface area contributed by atoms with Crippen molar-refractivity contribution < 1.29 is 14.3 Å². The predicted molar refractivity (Wildman–Crippen MR) is 75.2 cm³/mol. The highest BCUT2D eigenvalue weighted by Gasteiger charge is 2.20. The summed E-state index contributed by atoms with van der Waals surface area (Å²) in [5.74, 6) is 0. The SMILES string of the molecule is O=CCCCCCCCCCCCN1CCOC1=O. The van der Waals surface area contributed by atoms with Gasteiger partial charge in [0.25, 0.3) is 0 Å². The van der Waals surface area contributed by atoms with Gasteiger partial charge in [0.1, 0.15) is 12.9 Å². The lowest BCUT2D eigenvalue weighted by atomic mass is 10.1. The lowest BCUT2D eigenvalue weighted by Gasteiger charge is -2.11. The summed E-state index contributed by atoms with van der Waals surface area (Å²) in [7, 11) is 0. The molecule has 0 aromatic carbocycles. The normalized spacial score (nSPS) is 14.7. The molecule has 1 fully saturated rings. The Balaban J connectivity index is 1.76. The summed E-state index contributed by atoms with van der Waals surface area (Å²) >= 11 is 0. The van der Waals surface area contributed by atoms with Crippen molar-refractivity contribution in [2.45, 2.75) is 64.2 Å². The van der Waals surface area contributed by atoms with Crippen LogP contribution in [0.4, 0.5) is 4.79 Å². The number of aldehydes is 1. The first-order valence-electron chi connectivity index (χ1n) is 7.70. The van der Waals surface area contributed by atoms with E-state index in [2.05, 4.69) is 0 Å². The van der Waals surface area contributed by atoms with Crippen molar-refractivity contribution in [3.8, 4) is 0 Å². The van der Waals surface area contributed by atoms with Gasteiger partial charge in [0, 0.05) is 13.0 Å². The number of hydrogen-bond donors (Lipinski definition) is 0. The molecule has 1 rings (SSSR count). The van der Waals surface area contributed by atoms with Crippen LogP contribution in [0.15, 0.2) is 0 Å². The molecule has 0 aliphatic carbocycles. The number of unbranched alkanes of at least 4 members (excludes halogenated alkanes) is 9. The van der Waals surface area contributed by atoms with Gasteiger partial charge in [0.2, 0.25) is 0 Å². The second kappa shape index (κ2) is 10.8. The maximum Gasteiger partial charge on any atom is 0.409 e. The maximum absolute atomic E-state index is 11.2. The molecule has 0 saturated carbocycles. The first kappa shape index (κ1) is 16.0. The van der Waals surface area contributed by atoms with Crippen molar-refractivity contribution in [3.63, 3.8) is 0 Å². The van der Waals surface area contributed by atoms with E-state index >= 15 is 0 Å². The second-order valence-electron chi connectivity index (χ2n) is 5.24. The molecule has 1 saturated heterocycles. The summed E-state index contributed by atoms with van der Waals surface area (Å²) in [5.41, 5.74) is 0. The number of carbonyl (C=O) groups excluding carboxylic acids is 2. The lowest BCUT2D eigenvalue weighted by Crippen LogP contribution is -2.25. The minimum Gasteiger partial charge on any atom is -0.448 e. The minimum absolute atomic E-state index is 0.143. The molecular formula is C15H27NO3. The number of hydrogen-bond acceptors (Lipinski definition) is 3. The third kappa shape index (κ3) is 7.85. The summed E-state index contributed by atoms with van der Waals surface area (Å²) in [6.07, 6.45) is 12.5. The maximum atomic E-state index is 11.2. The zero-order valence-corrected chi connectivity index (χ0v) is 11.9. The summed E-state index contributed by atoms with van der Waals surface area (Å²) in [5, 5.41) is 0. The van der Waals surface area contributed by atoms with E-state index in [-0.39, 0.29) is 6.09 Å². The molecule has 1 aliphatic rings. The molecule has 1 aliphatic heterocycles. The van der Waals surface area contributed by atoms with Gasteiger partial charge in [-0.3, -0.25) is 0 Å². The highest BCUT2D eigenvalue weighted by molar-refractivity contribution is 5.69. The van der Waals surface area contributed by atoms with Crippen LogP contribution < -0.4 is 0 Å². The quantitative estimate of drug-likeness (QED) is 0.402. The molecule has 1 amide bonds. The van der Waals surface area contributed by atoms with E-state index in [9.17, 15) is 9.59 Å². The van der Waals surface area contributed by atoms with Gasteiger partial charge in [0.05, 0.1) is 6.54 Å². The van der Waals surface area contributed by atoms with Gasteiger partial charge in [-0.05, 0) is 12.8 Å². The number of nitrogens with zero attached hydrogens (tertiary/aromatic N) is 1. The van der Waals surface area contributed by atoms with Gasteiger partial charge < -0.3 is 14.4 Å². The van der Waals surface area contributed by atoms with E-state index < -0.39 is 0 Å². The molecular weight excluding hydrogens is 242 g/mol. The summed E-state index contributed by atoms with van der Waals surface area (Å²) in [4.78, 5) is 23.1. The van der Waals surface area contributed by atoms with Crippen LogP contribution in [0.1, 0.15) is 64.2 Å². The van der Waals surface area contributed by atoms with Crippen molar-refractivity contribution in [2.75, 3.05) is 19.7 Å². The van der Waals surface area contributed by atoms with Gasteiger partial charge >= 0.3 is 6.09 Å². The van der Waals surface area contributed by atoms with E-state index in [1.165, 1.54) is 44.9 Å². The smallest absolute Gasteiger partial charge is 0.409 e. The monoisotopic (exact) mass is 269 g/mol. The second-order valence-corrected chi connectivity index (χ2v) is 5.24. The molecule has 0 aromatic rings. The van der Waals surface area contributed by atoms with Gasteiger partial charge in [-0.1, -0.05) is 44.9 Å². The minimum atomic E-state index is -0.143. The topological polar surface area (TPSA) is 46.6 Å². The van der Waals surface area contributed by atoms with E-state index in [1.54, 1.807) is 4.90 Å². The fourth-order valence-electron chi connectivity index (χ4n) is 2.40. The van der Waals surface area contributed by atoms with Crippen LogP contribution in [-0.4, -0.2) is 37.0 Å². The Morgan fingerprint density at radius 3 is 2.05 bits per heavy atom. The molecule has 0 atom stereocenters. The van der Waals surface area contributed by atoms with Gasteiger partial charge in [-0.25, -0.2) is 4.79 Å². The Morgan fingerprint density at radius 1 is 0.947 bits per heavy atom. The average Bonchev–Trinajstić information content (AvgIpc) is 2.82. The van der Waals surface area contributed by atoms with Crippen molar-refractivity contribution in [1.82, 2.24) is 4.90 Å². The van der Waals surface area contributed by atoms with Gasteiger partial charge in [-0.15, -0.1) is 0 Å². The first-order chi connectivity index (χ1) is 9.34.